The highest BCUT2D eigenvalue weighted by atomic mass is 32.2. The molecule has 0 saturated heterocycles. The standard InChI is InChI=1S/C17H18N4O2S/c1-13(5-7-18)11-21-12-16(14-6-9-19-10-15(14)21)24(22,23)17-4-2-3-8-20-17/h2-4,6-10,12-13,18H,5,11H2,1H3. The van der Waals surface area contributed by atoms with E-state index in [0.717, 1.165) is 5.52 Å². The maximum absolute atomic E-state index is 12.9. The van der Waals surface area contributed by atoms with Gasteiger partial charge < -0.3 is 9.98 Å². The molecule has 24 heavy (non-hydrogen) atoms. The fourth-order valence-corrected chi connectivity index (χ4v) is 4.11. The molecule has 1 unspecified atom stereocenters. The zero-order chi connectivity index (χ0) is 17.2. The van der Waals surface area contributed by atoms with Crippen molar-refractivity contribution < 1.29 is 8.42 Å². The van der Waals surface area contributed by atoms with Crippen LogP contribution in [0.25, 0.3) is 10.9 Å². The van der Waals surface area contributed by atoms with Crippen LogP contribution < -0.4 is 0 Å². The van der Waals surface area contributed by atoms with E-state index in [4.69, 9.17) is 5.41 Å². The Hall–Kier alpha value is -2.54. The van der Waals surface area contributed by atoms with Gasteiger partial charge in [0, 0.05) is 30.5 Å². The number of fused-ring (bicyclic) bond motifs is 1. The molecule has 1 atom stereocenters. The Labute approximate surface area is 140 Å². The molecule has 124 valence electrons. The molecule has 0 amide bonds. The number of aromatic nitrogens is 3. The summed E-state index contributed by atoms with van der Waals surface area (Å²) < 4.78 is 27.8. The maximum Gasteiger partial charge on any atom is 0.225 e. The van der Waals surface area contributed by atoms with Gasteiger partial charge in [-0.15, -0.1) is 0 Å². The molecule has 3 aromatic heterocycles. The van der Waals surface area contributed by atoms with Crippen LogP contribution in [0.1, 0.15) is 13.3 Å². The Bertz CT molecular complexity index is 965. The first-order valence-corrected chi connectivity index (χ1v) is 9.10. The summed E-state index contributed by atoms with van der Waals surface area (Å²) in [7, 11) is -3.70. The van der Waals surface area contributed by atoms with Crippen molar-refractivity contribution in [3.05, 3.63) is 49.1 Å². The summed E-state index contributed by atoms with van der Waals surface area (Å²) >= 11 is 0. The van der Waals surface area contributed by atoms with Crippen LogP contribution >= 0.6 is 0 Å². The zero-order valence-corrected chi connectivity index (χ0v) is 14.1. The van der Waals surface area contributed by atoms with E-state index in [0.29, 0.717) is 18.4 Å². The minimum Gasteiger partial charge on any atom is -0.345 e. The summed E-state index contributed by atoms with van der Waals surface area (Å²) in [6.45, 7) is 2.65. The fraction of sp³-hybridized carbons (Fsp3) is 0.235. The molecule has 0 aliphatic carbocycles. The SMILES string of the molecule is CC(CC=N)Cn1cc(S(=O)(=O)c2ccccn2)c2ccncc21. The summed E-state index contributed by atoms with van der Waals surface area (Å²) in [6.07, 6.45) is 8.40. The monoisotopic (exact) mass is 342 g/mol. The number of rotatable bonds is 6. The third kappa shape index (κ3) is 2.94. The molecule has 0 radical (unpaired) electrons. The molecule has 0 bridgehead atoms. The van der Waals surface area contributed by atoms with Gasteiger partial charge in [0.1, 0.15) is 0 Å². The van der Waals surface area contributed by atoms with Crippen molar-refractivity contribution in [3.8, 4) is 0 Å². The van der Waals surface area contributed by atoms with E-state index in [-0.39, 0.29) is 15.8 Å². The second-order valence-electron chi connectivity index (χ2n) is 5.75. The van der Waals surface area contributed by atoms with Crippen molar-refractivity contribution in [2.24, 2.45) is 5.92 Å². The Balaban J connectivity index is 2.14. The molecule has 6 nitrogen and oxygen atoms in total. The number of sulfone groups is 1. The number of pyridine rings is 2. The van der Waals surface area contributed by atoms with Gasteiger partial charge >= 0.3 is 0 Å². The van der Waals surface area contributed by atoms with Crippen LogP contribution in [0, 0.1) is 11.3 Å². The average Bonchev–Trinajstić information content (AvgIpc) is 2.95. The van der Waals surface area contributed by atoms with Crippen molar-refractivity contribution in [2.75, 3.05) is 0 Å². The second-order valence-corrected chi connectivity index (χ2v) is 7.62. The van der Waals surface area contributed by atoms with Gasteiger partial charge in [-0.3, -0.25) is 4.98 Å². The third-order valence-electron chi connectivity index (χ3n) is 3.88. The van der Waals surface area contributed by atoms with Crippen molar-refractivity contribution >= 4 is 27.0 Å². The van der Waals surface area contributed by atoms with Crippen LogP contribution in [0.5, 0.6) is 0 Å². The average molecular weight is 342 g/mol. The lowest BCUT2D eigenvalue weighted by Gasteiger charge is -2.10. The summed E-state index contributed by atoms with van der Waals surface area (Å²) in [5.74, 6) is 0.226. The predicted molar refractivity (Wildman–Crippen MR) is 92.0 cm³/mol. The number of nitrogens with one attached hydrogen (secondary N) is 1. The van der Waals surface area contributed by atoms with Gasteiger partial charge in [0.2, 0.25) is 9.84 Å². The van der Waals surface area contributed by atoms with Crippen molar-refractivity contribution in [1.29, 1.82) is 5.41 Å². The molecule has 3 heterocycles. The van der Waals surface area contributed by atoms with Gasteiger partial charge in [0.05, 0.1) is 16.6 Å². The van der Waals surface area contributed by atoms with Crippen molar-refractivity contribution in [1.82, 2.24) is 14.5 Å². The highest BCUT2D eigenvalue weighted by molar-refractivity contribution is 7.91. The van der Waals surface area contributed by atoms with E-state index in [1.165, 1.54) is 18.5 Å². The molecule has 0 saturated carbocycles. The smallest absolute Gasteiger partial charge is 0.225 e. The summed E-state index contributed by atoms with van der Waals surface area (Å²) in [6, 6.07) is 6.55. The zero-order valence-electron chi connectivity index (χ0n) is 13.3. The highest BCUT2D eigenvalue weighted by Gasteiger charge is 2.24. The number of hydrogen-bond acceptors (Lipinski definition) is 5. The lowest BCUT2D eigenvalue weighted by atomic mass is 10.1. The third-order valence-corrected chi connectivity index (χ3v) is 5.58. The number of nitrogens with zero attached hydrogens (tertiary/aromatic N) is 3. The van der Waals surface area contributed by atoms with E-state index in [2.05, 4.69) is 9.97 Å². The first kappa shape index (κ1) is 16.3. The van der Waals surface area contributed by atoms with Crippen LogP contribution in [0.15, 0.2) is 59.0 Å². The van der Waals surface area contributed by atoms with Gasteiger partial charge in [-0.25, -0.2) is 13.4 Å². The summed E-state index contributed by atoms with van der Waals surface area (Å²) in [4.78, 5) is 8.35. The van der Waals surface area contributed by atoms with Gasteiger partial charge in [-0.1, -0.05) is 13.0 Å². The Morgan fingerprint density at radius 3 is 2.83 bits per heavy atom. The molecule has 1 N–H and O–H groups in total. The molecular formula is C17H18N4O2S. The second kappa shape index (κ2) is 6.52. The minimum atomic E-state index is -3.70. The van der Waals surface area contributed by atoms with Crippen LogP contribution in [-0.2, 0) is 16.4 Å². The highest BCUT2D eigenvalue weighted by Crippen LogP contribution is 2.29. The Kier molecular flexibility index (Phi) is 4.44. The van der Waals surface area contributed by atoms with Crippen LogP contribution in [0.4, 0.5) is 0 Å². The molecule has 3 rings (SSSR count). The van der Waals surface area contributed by atoms with E-state index in [1.54, 1.807) is 36.8 Å². The number of hydrogen-bond donors (Lipinski definition) is 1. The minimum absolute atomic E-state index is 0.0356. The van der Waals surface area contributed by atoms with Gasteiger partial charge in [0.25, 0.3) is 0 Å². The molecule has 0 aromatic carbocycles. The van der Waals surface area contributed by atoms with E-state index >= 15 is 0 Å². The fourth-order valence-electron chi connectivity index (χ4n) is 2.70. The molecular weight excluding hydrogens is 324 g/mol. The van der Waals surface area contributed by atoms with Gasteiger partial charge in [0.15, 0.2) is 5.03 Å². The summed E-state index contributed by atoms with van der Waals surface area (Å²) in [5, 5.41) is 7.90. The summed E-state index contributed by atoms with van der Waals surface area (Å²) in [5.41, 5.74) is 0.767. The quantitative estimate of drug-likeness (QED) is 0.698. The maximum atomic E-state index is 12.9. The lowest BCUT2D eigenvalue weighted by Crippen LogP contribution is -2.07. The Morgan fingerprint density at radius 1 is 1.29 bits per heavy atom. The first-order chi connectivity index (χ1) is 11.5. The first-order valence-electron chi connectivity index (χ1n) is 7.62. The van der Waals surface area contributed by atoms with Crippen LogP contribution in [0.3, 0.4) is 0 Å². The van der Waals surface area contributed by atoms with Crippen molar-refractivity contribution in [3.63, 3.8) is 0 Å². The topological polar surface area (TPSA) is 88.7 Å². The Morgan fingerprint density at radius 2 is 2.12 bits per heavy atom. The van der Waals surface area contributed by atoms with E-state index < -0.39 is 9.84 Å². The molecule has 0 aliphatic heterocycles. The molecule has 0 fully saturated rings. The van der Waals surface area contributed by atoms with E-state index in [1.807, 2.05) is 11.5 Å². The largest absolute Gasteiger partial charge is 0.345 e. The molecule has 0 aliphatic rings. The predicted octanol–water partition coefficient (Wildman–Crippen LogP) is 2.94. The van der Waals surface area contributed by atoms with Crippen molar-refractivity contribution in [2.45, 2.75) is 29.8 Å². The van der Waals surface area contributed by atoms with Gasteiger partial charge in [-0.2, -0.15) is 0 Å². The van der Waals surface area contributed by atoms with Crippen LogP contribution in [-0.4, -0.2) is 29.2 Å². The normalized spacial score (nSPS) is 13.0. The lowest BCUT2D eigenvalue weighted by molar-refractivity contribution is 0.508. The molecule has 7 heteroatoms. The van der Waals surface area contributed by atoms with Gasteiger partial charge in [-0.05, 0) is 36.8 Å². The van der Waals surface area contributed by atoms with Crippen LogP contribution in [0.2, 0.25) is 0 Å². The van der Waals surface area contributed by atoms with E-state index in [9.17, 15) is 8.42 Å². The molecule has 0 spiro atoms. The molecule has 3 aromatic rings.